The Hall–Kier alpha value is -2.90. The number of amides is 1. The van der Waals surface area contributed by atoms with Crippen molar-refractivity contribution in [2.45, 2.75) is 18.4 Å². The van der Waals surface area contributed by atoms with Crippen molar-refractivity contribution in [3.05, 3.63) is 59.7 Å². The van der Waals surface area contributed by atoms with Crippen LogP contribution in [-0.4, -0.2) is 56.7 Å². The number of aliphatic carboxylic acids is 1. The Morgan fingerprint density at radius 3 is 2.21 bits per heavy atom. The van der Waals surface area contributed by atoms with Crippen LogP contribution in [0, 0.1) is 0 Å². The molecule has 2 N–H and O–H groups in total. The third-order valence-electron chi connectivity index (χ3n) is 4.92. The van der Waals surface area contributed by atoms with Gasteiger partial charge in [-0.1, -0.05) is 48.5 Å². The second-order valence-electron chi connectivity index (χ2n) is 6.75. The monoisotopic (exact) mass is 399 g/mol. The first kappa shape index (κ1) is 20.8. The molecule has 1 aliphatic carbocycles. The van der Waals surface area contributed by atoms with Crippen molar-refractivity contribution >= 4 is 12.1 Å². The molecule has 0 aliphatic heterocycles. The molecule has 0 saturated heterocycles. The molecule has 0 fully saturated rings. The lowest BCUT2D eigenvalue weighted by molar-refractivity contribution is -0.139. The second-order valence-corrected chi connectivity index (χ2v) is 6.75. The second kappa shape index (κ2) is 10.0. The number of hydrogen-bond donors (Lipinski definition) is 2. The topological polar surface area (TPSA) is 94.1 Å². The number of ether oxygens (including phenoxy) is 3. The van der Waals surface area contributed by atoms with Crippen LogP contribution >= 0.6 is 0 Å². The molecule has 0 heterocycles. The fraction of sp³-hybridized carbons (Fsp3) is 0.364. The fourth-order valence-corrected chi connectivity index (χ4v) is 3.49. The van der Waals surface area contributed by atoms with E-state index in [1.807, 2.05) is 36.4 Å². The maximum Gasteiger partial charge on any atom is 0.407 e. The Morgan fingerprint density at radius 2 is 1.62 bits per heavy atom. The zero-order valence-corrected chi connectivity index (χ0v) is 16.3. The number of nitrogens with one attached hydrogen (secondary N) is 1. The highest BCUT2D eigenvalue weighted by Gasteiger charge is 2.29. The molecule has 154 valence electrons. The summed E-state index contributed by atoms with van der Waals surface area (Å²) in [5.74, 6) is -1.21. The summed E-state index contributed by atoms with van der Waals surface area (Å²) < 4.78 is 15.5. The van der Waals surface area contributed by atoms with E-state index in [4.69, 9.17) is 14.2 Å². The first-order chi connectivity index (χ1) is 14.1. The zero-order chi connectivity index (χ0) is 20.6. The van der Waals surface area contributed by atoms with Gasteiger partial charge in [-0.05, 0) is 22.3 Å². The standard InChI is InChI=1S/C22H25NO6/c1-27-12-13-28-11-10-20(21(24)25)23-22(26)29-14-19-17-8-4-2-6-15(17)16-7-3-5-9-18(16)19/h2-9,19-20H,10-14H2,1H3,(H,23,26)(H,24,25). The molecule has 7 heteroatoms. The number of carbonyl (C=O) groups is 2. The highest BCUT2D eigenvalue weighted by atomic mass is 16.5. The van der Waals surface area contributed by atoms with Crippen LogP contribution in [-0.2, 0) is 19.0 Å². The van der Waals surface area contributed by atoms with Crippen LogP contribution in [0.5, 0.6) is 0 Å². The highest BCUT2D eigenvalue weighted by Crippen LogP contribution is 2.44. The van der Waals surface area contributed by atoms with E-state index in [1.54, 1.807) is 7.11 Å². The molecule has 0 saturated carbocycles. The molecule has 0 radical (unpaired) electrons. The molecule has 1 aliphatic rings. The van der Waals surface area contributed by atoms with Crippen LogP contribution in [0.1, 0.15) is 23.5 Å². The summed E-state index contributed by atoms with van der Waals surface area (Å²) >= 11 is 0. The summed E-state index contributed by atoms with van der Waals surface area (Å²) in [6.45, 7) is 1.13. The summed E-state index contributed by atoms with van der Waals surface area (Å²) in [6, 6.07) is 15.0. The van der Waals surface area contributed by atoms with Crippen LogP contribution in [0.15, 0.2) is 48.5 Å². The number of carboxylic acids is 1. The molecule has 0 spiro atoms. The van der Waals surface area contributed by atoms with Crippen molar-refractivity contribution in [3.63, 3.8) is 0 Å². The maximum absolute atomic E-state index is 12.2. The first-order valence-electron chi connectivity index (χ1n) is 9.52. The Bertz CT molecular complexity index is 807. The Kier molecular flexibility index (Phi) is 7.21. The minimum Gasteiger partial charge on any atom is -0.480 e. The molecule has 0 aromatic heterocycles. The van der Waals surface area contributed by atoms with E-state index >= 15 is 0 Å². The van der Waals surface area contributed by atoms with Crippen LogP contribution < -0.4 is 5.32 Å². The molecule has 2 aromatic rings. The third kappa shape index (κ3) is 5.13. The Balaban J connectivity index is 1.56. The smallest absolute Gasteiger partial charge is 0.407 e. The van der Waals surface area contributed by atoms with Gasteiger partial charge in [0.1, 0.15) is 12.6 Å². The molecule has 0 bridgehead atoms. The lowest BCUT2D eigenvalue weighted by Crippen LogP contribution is -2.42. The van der Waals surface area contributed by atoms with Gasteiger partial charge >= 0.3 is 12.1 Å². The number of alkyl carbamates (subject to hydrolysis) is 1. The first-order valence-corrected chi connectivity index (χ1v) is 9.52. The van der Waals surface area contributed by atoms with Gasteiger partial charge in [0.05, 0.1) is 13.2 Å². The van der Waals surface area contributed by atoms with Crippen LogP contribution in [0.4, 0.5) is 4.79 Å². The molecule has 2 aromatic carbocycles. The van der Waals surface area contributed by atoms with E-state index in [-0.39, 0.29) is 25.6 Å². The number of benzene rings is 2. The van der Waals surface area contributed by atoms with Crippen molar-refractivity contribution in [2.24, 2.45) is 0 Å². The van der Waals surface area contributed by atoms with Gasteiger partial charge < -0.3 is 24.6 Å². The summed E-state index contributed by atoms with van der Waals surface area (Å²) in [7, 11) is 1.56. The van der Waals surface area contributed by atoms with E-state index < -0.39 is 18.1 Å². The summed E-state index contributed by atoms with van der Waals surface area (Å²) in [5, 5.41) is 11.7. The largest absolute Gasteiger partial charge is 0.480 e. The number of hydrogen-bond acceptors (Lipinski definition) is 5. The highest BCUT2D eigenvalue weighted by molar-refractivity contribution is 5.81. The van der Waals surface area contributed by atoms with Crippen molar-refractivity contribution < 1.29 is 28.9 Å². The van der Waals surface area contributed by atoms with Crippen molar-refractivity contribution in [2.75, 3.05) is 33.5 Å². The Labute approximate surface area is 169 Å². The van der Waals surface area contributed by atoms with Gasteiger partial charge in [0.2, 0.25) is 0 Å². The zero-order valence-electron chi connectivity index (χ0n) is 16.3. The minimum absolute atomic E-state index is 0.0752. The van der Waals surface area contributed by atoms with E-state index in [0.29, 0.717) is 13.2 Å². The lowest BCUT2D eigenvalue weighted by Gasteiger charge is -2.17. The van der Waals surface area contributed by atoms with Crippen molar-refractivity contribution in [1.82, 2.24) is 5.32 Å². The maximum atomic E-state index is 12.2. The number of fused-ring (bicyclic) bond motifs is 3. The molecular formula is C22H25NO6. The van der Waals surface area contributed by atoms with Crippen molar-refractivity contribution in [3.8, 4) is 11.1 Å². The van der Waals surface area contributed by atoms with Crippen LogP contribution in [0.2, 0.25) is 0 Å². The van der Waals surface area contributed by atoms with Crippen molar-refractivity contribution in [1.29, 1.82) is 0 Å². The molecule has 29 heavy (non-hydrogen) atoms. The van der Waals surface area contributed by atoms with Gasteiger partial charge in [0.15, 0.2) is 0 Å². The quantitative estimate of drug-likeness (QED) is 0.597. The SMILES string of the molecule is COCCOCCC(NC(=O)OCC1c2ccccc2-c2ccccc21)C(=O)O. The summed E-state index contributed by atoms with van der Waals surface area (Å²) in [5.41, 5.74) is 4.47. The van der Waals surface area contributed by atoms with Gasteiger partial charge in [-0.15, -0.1) is 0 Å². The lowest BCUT2D eigenvalue weighted by atomic mass is 9.98. The number of rotatable bonds is 10. The summed E-state index contributed by atoms with van der Waals surface area (Å²) in [4.78, 5) is 23.6. The van der Waals surface area contributed by atoms with E-state index in [0.717, 1.165) is 22.3 Å². The van der Waals surface area contributed by atoms with Gasteiger partial charge in [-0.2, -0.15) is 0 Å². The average Bonchev–Trinajstić information content (AvgIpc) is 3.05. The third-order valence-corrected chi connectivity index (χ3v) is 4.92. The van der Waals surface area contributed by atoms with Gasteiger partial charge in [0, 0.05) is 26.1 Å². The predicted octanol–water partition coefficient (Wildman–Crippen LogP) is 3.03. The van der Waals surface area contributed by atoms with Gasteiger partial charge in [-0.25, -0.2) is 9.59 Å². The average molecular weight is 399 g/mol. The molecule has 1 atom stereocenters. The van der Waals surface area contributed by atoms with Crippen LogP contribution in [0.25, 0.3) is 11.1 Å². The molecule has 1 unspecified atom stereocenters. The predicted molar refractivity (Wildman–Crippen MR) is 107 cm³/mol. The minimum atomic E-state index is -1.13. The Morgan fingerprint density at radius 1 is 1.00 bits per heavy atom. The van der Waals surface area contributed by atoms with Crippen LogP contribution in [0.3, 0.4) is 0 Å². The number of carboxylic acid groups (broad SMARTS) is 1. The summed E-state index contributed by atoms with van der Waals surface area (Å²) in [6.07, 6.45) is -0.611. The van der Waals surface area contributed by atoms with Gasteiger partial charge in [0.25, 0.3) is 0 Å². The van der Waals surface area contributed by atoms with E-state index in [9.17, 15) is 14.7 Å². The van der Waals surface area contributed by atoms with Gasteiger partial charge in [-0.3, -0.25) is 0 Å². The van der Waals surface area contributed by atoms with E-state index in [1.165, 1.54) is 0 Å². The molecular weight excluding hydrogens is 374 g/mol. The normalized spacial score (nSPS) is 13.4. The molecule has 7 nitrogen and oxygen atoms in total. The number of methoxy groups -OCH3 is 1. The van der Waals surface area contributed by atoms with E-state index in [2.05, 4.69) is 17.4 Å². The fourth-order valence-electron chi connectivity index (χ4n) is 3.49. The molecule has 3 rings (SSSR count). The number of carbonyl (C=O) groups excluding carboxylic acids is 1. The molecule has 1 amide bonds.